The summed E-state index contributed by atoms with van der Waals surface area (Å²) in [6.45, 7) is 0. The van der Waals surface area contributed by atoms with Crippen LogP contribution in [0.1, 0.15) is 20.7 Å². The number of hydrazine groups is 2. The zero-order valence-corrected chi connectivity index (χ0v) is 17.9. The molecule has 3 rings (SSSR count). The van der Waals surface area contributed by atoms with Gasteiger partial charge in [-0.05, 0) is 48.5 Å². The van der Waals surface area contributed by atoms with Crippen LogP contribution in [0.2, 0.25) is 0 Å². The van der Waals surface area contributed by atoms with Crippen LogP contribution < -0.4 is 27.4 Å². The van der Waals surface area contributed by atoms with E-state index in [2.05, 4.69) is 63.5 Å². The number of nitrogens with two attached hydrogens (primary N) is 1. The first-order valence-corrected chi connectivity index (χ1v) is 9.77. The second-order valence-corrected chi connectivity index (χ2v) is 7.49. The molecule has 0 spiro atoms. The van der Waals surface area contributed by atoms with E-state index in [4.69, 9.17) is 5.73 Å². The van der Waals surface area contributed by atoms with Crippen LogP contribution in [-0.2, 0) is 0 Å². The molecule has 0 aliphatic carbocycles. The fraction of sp³-hybridized carbons (Fsp3) is 0. The highest BCUT2D eigenvalue weighted by atomic mass is 79.9. The lowest BCUT2D eigenvalue weighted by molar-refractivity contribution is 0.0954. The summed E-state index contributed by atoms with van der Waals surface area (Å²) in [4.78, 5) is 32.3. The minimum atomic E-state index is -0.367. The molecule has 1 heterocycles. The second-order valence-electron chi connectivity index (χ2n) is 5.66. The number of nitrogen functional groups attached to an aromatic ring is 1. The second kappa shape index (κ2) is 9.34. The molecule has 0 fully saturated rings. The van der Waals surface area contributed by atoms with Crippen LogP contribution in [0.4, 0.5) is 17.3 Å². The van der Waals surface area contributed by atoms with Crippen molar-refractivity contribution in [2.24, 2.45) is 0 Å². The Labute approximate surface area is 182 Å². The van der Waals surface area contributed by atoms with Crippen LogP contribution in [-0.4, -0.2) is 21.8 Å². The molecule has 2 aromatic carbocycles. The number of anilines is 3. The van der Waals surface area contributed by atoms with Gasteiger partial charge in [0.05, 0.1) is 0 Å². The van der Waals surface area contributed by atoms with Crippen LogP contribution in [0.5, 0.6) is 0 Å². The fourth-order valence-corrected chi connectivity index (χ4v) is 2.70. The molecule has 0 saturated heterocycles. The lowest BCUT2D eigenvalue weighted by atomic mass is 10.2. The normalized spacial score (nSPS) is 10.1. The van der Waals surface area contributed by atoms with Gasteiger partial charge in [0.2, 0.25) is 0 Å². The lowest BCUT2D eigenvalue weighted by Gasteiger charge is -2.13. The van der Waals surface area contributed by atoms with Crippen molar-refractivity contribution in [3.63, 3.8) is 0 Å². The average Bonchev–Trinajstić information content (AvgIpc) is 2.72. The summed E-state index contributed by atoms with van der Waals surface area (Å²) < 4.78 is 1.73. The number of aromatic nitrogens is 2. The molecule has 148 valence electrons. The number of halogens is 2. The molecule has 29 heavy (non-hydrogen) atoms. The van der Waals surface area contributed by atoms with E-state index in [-0.39, 0.29) is 29.1 Å². The number of amides is 2. The Bertz CT molecular complexity index is 948. The maximum Gasteiger partial charge on any atom is 0.269 e. The Morgan fingerprint density at radius 2 is 1.10 bits per heavy atom. The first-order valence-electron chi connectivity index (χ1n) is 8.18. The van der Waals surface area contributed by atoms with Crippen LogP contribution in [0, 0.1) is 0 Å². The van der Waals surface area contributed by atoms with E-state index in [0.717, 1.165) is 8.95 Å². The summed E-state index contributed by atoms with van der Waals surface area (Å²) in [5.41, 5.74) is 17.3. The summed E-state index contributed by atoms with van der Waals surface area (Å²) >= 11 is 6.62. The predicted molar refractivity (Wildman–Crippen MR) is 117 cm³/mol. The third-order valence-corrected chi connectivity index (χ3v) is 4.74. The van der Waals surface area contributed by atoms with Crippen molar-refractivity contribution in [2.45, 2.75) is 0 Å². The molecule has 0 radical (unpaired) electrons. The SMILES string of the molecule is Nc1c(NNC(=O)c2ccc(Br)cc2)ncnc1NNC(=O)c1ccc(Br)cc1. The lowest BCUT2D eigenvalue weighted by Crippen LogP contribution is -2.32. The number of benzene rings is 2. The third kappa shape index (κ3) is 5.42. The van der Waals surface area contributed by atoms with Crippen molar-refractivity contribution in [2.75, 3.05) is 16.6 Å². The molecule has 9 nitrogen and oxygen atoms in total. The van der Waals surface area contributed by atoms with Crippen molar-refractivity contribution >= 4 is 61.0 Å². The van der Waals surface area contributed by atoms with Crippen molar-refractivity contribution < 1.29 is 9.59 Å². The fourth-order valence-electron chi connectivity index (χ4n) is 2.17. The van der Waals surface area contributed by atoms with Gasteiger partial charge in [0.25, 0.3) is 11.8 Å². The van der Waals surface area contributed by atoms with Crippen LogP contribution >= 0.6 is 31.9 Å². The van der Waals surface area contributed by atoms with Gasteiger partial charge < -0.3 is 5.73 Å². The molecule has 0 saturated carbocycles. The molecule has 2 amide bonds. The van der Waals surface area contributed by atoms with Gasteiger partial charge in [-0.25, -0.2) is 9.97 Å². The number of nitrogens with zero attached hydrogens (tertiary/aromatic N) is 2. The highest BCUT2D eigenvalue weighted by Gasteiger charge is 2.12. The summed E-state index contributed by atoms with van der Waals surface area (Å²) in [6.07, 6.45) is 1.23. The molecule has 0 aliphatic rings. The highest BCUT2D eigenvalue weighted by Crippen LogP contribution is 2.21. The Morgan fingerprint density at radius 3 is 1.48 bits per heavy atom. The molecule has 0 atom stereocenters. The van der Waals surface area contributed by atoms with Gasteiger partial charge >= 0.3 is 0 Å². The van der Waals surface area contributed by atoms with E-state index < -0.39 is 0 Å². The van der Waals surface area contributed by atoms with E-state index in [1.807, 2.05) is 0 Å². The quantitative estimate of drug-likeness (QED) is 0.315. The number of carbonyl (C=O) groups is 2. The first-order chi connectivity index (χ1) is 13.9. The monoisotopic (exact) mass is 519 g/mol. The topological polar surface area (TPSA) is 134 Å². The molecule has 11 heteroatoms. The van der Waals surface area contributed by atoms with Gasteiger partial charge in [-0.15, -0.1) is 0 Å². The van der Waals surface area contributed by atoms with Gasteiger partial charge in [-0.1, -0.05) is 31.9 Å². The molecular formula is C18H15Br2N7O2. The molecule has 0 aliphatic heterocycles. The maximum absolute atomic E-state index is 12.2. The van der Waals surface area contributed by atoms with Crippen molar-refractivity contribution in [1.29, 1.82) is 0 Å². The highest BCUT2D eigenvalue weighted by molar-refractivity contribution is 9.10. The van der Waals surface area contributed by atoms with Crippen molar-refractivity contribution in [3.8, 4) is 0 Å². The van der Waals surface area contributed by atoms with Gasteiger partial charge in [-0.3, -0.25) is 31.3 Å². The number of hydrogen-bond acceptors (Lipinski definition) is 7. The van der Waals surface area contributed by atoms with Crippen molar-refractivity contribution in [3.05, 3.63) is 74.9 Å². The van der Waals surface area contributed by atoms with Gasteiger partial charge in [0.1, 0.15) is 12.0 Å². The smallest absolute Gasteiger partial charge is 0.269 e. The predicted octanol–water partition coefficient (Wildman–Crippen LogP) is 3.10. The summed E-state index contributed by atoms with van der Waals surface area (Å²) in [7, 11) is 0. The average molecular weight is 521 g/mol. The Hall–Kier alpha value is -3.18. The van der Waals surface area contributed by atoms with Gasteiger partial charge in [0.15, 0.2) is 11.6 Å². The largest absolute Gasteiger partial charge is 0.393 e. The van der Waals surface area contributed by atoms with E-state index in [1.165, 1.54) is 6.33 Å². The number of nitrogens with one attached hydrogen (secondary N) is 4. The summed E-state index contributed by atoms with van der Waals surface area (Å²) in [5.74, 6) is -0.390. The van der Waals surface area contributed by atoms with Gasteiger partial charge in [0, 0.05) is 20.1 Å². The molecular weight excluding hydrogens is 506 g/mol. The molecule has 1 aromatic heterocycles. The van der Waals surface area contributed by atoms with Gasteiger partial charge in [-0.2, -0.15) is 0 Å². The van der Waals surface area contributed by atoms with Crippen LogP contribution in [0.15, 0.2) is 63.8 Å². The summed E-state index contributed by atoms with van der Waals surface area (Å²) in [5, 5.41) is 0. The molecule has 3 aromatic rings. The van der Waals surface area contributed by atoms with Crippen molar-refractivity contribution in [1.82, 2.24) is 20.8 Å². The van der Waals surface area contributed by atoms with Crippen LogP contribution in [0.3, 0.4) is 0 Å². The minimum absolute atomic E-state index is 0.111. The van der Waals surface area contributed by atoms with E-state index in [9.17, 15) is 9.59 Å². The van der Waals surface area contributed by atoms with E-state index in [0.29, 0.717) is 11.1 Å². The van der Waals surface area contributed by atoms with E-state index >= 15 is 0 Å². The standard InChI is InChI=1S/C18H15Br2N7O2/c19-12-5-1-10(2-6-12)17(28)26-24-15-14(21)16(23-9-22-15)25-27-18(29)11-3-7-13(20)8-4-11/h1-9H,21H2,(H,26,28)(H,27,29)(H2,22,23,24,25). The Morgan fingerprint density at radius 1 is 0.724 bits per heavy atom. The third-order valence-electron chi connectivity index (χ3n) is 3.69. The minimum Gasteiger partial charge on any atom is -0.393 e. The Balaban J connectivity index is 1.61. The summed E-state index contributed by atoms with van der Waals surface area (Å²) in [6, 6.07) is 13.7. The molecule has 6 N–H and O–H groups in total. The number of hydrogen-bond donors (Lipinski definition) is 5. The number of rotatable bonds is 6. The van der Waals surface area contributed by atoms with Crippen LogP contribution in [0.25, 0.3) is 0 Å². The number of carbonyl (C=O) groups excluding carboxylic acids is 2. The zero-order chi connectivity index (χ0) is 20.8. The molecule has 0 bridgehead atoms. The first kappa shape index (κ1) is 20.6. The Kier molecular flexibility index (Phi) is 6.62. The molecule has 0 unspecified atom stereocenters. The van der Waals surface area contributed by atoms with E-state index in [1.54, 1.807) is 48.5 Å². The maximum atomic E-state index is 12.2. The zero-order valence-electron chi connectivity index (χ0n) is 14.7.